The fourth-order valence-electron chi connectivity index (χ4n) is 1.93. The Morgan fingerprint density at radius 1 is 1.10 bits per heavy atom. The molecular weight excluding hydrogens is 335 g/mol. The van der Waals surface area contributed by atoms with E-state index >= 15 is 0 Å². The number of rotatable bonds is 4. The Balaban J connectivity index is 2.62. The van der Waals surface area contributed by atoms with Gasteiger partial charge in [-0.1, -0.05) is 40.9 Å². The molecule has 0 heterocycles. The monoisotopic (exact) mass is 344 g/mol. The zero-order chi connectivity index (χ0) is 15.6. The predicted octanol–water partition coefficient (Wildman–Crippen LogP) is 5.41. The lowest BCUT2D eigenvalue weighted by Gasteiger charge is -2.12. The van der Waals surface area contributed by atoms with E-state index in [9.17, 15) is 9.90 Å². The van der Waals surface area contributed by atoms with Gasteiger partial charge in [0.2, 0.25) is 0 Å². The van der Waals surface area contributed by atoms with Crippen LogP contribution in [-0.4, -0.2) is 17.7 Å². The first-order valence-corrected chi connectivity index (χ1v) is 7.22. The minimum absolute atomic E-state index is 0.0598. The molecule has 0 aliphatic carbocycles. The van der Waals surface area contributed by atoms with Crippen molar-refractivity contribution < 1.29 is 14.6 Å². The van der Waals surface area contributed by atoms with Crippen molar-refractivity contribution >= 4 is 40.8 Å². The lowest BCUT2D eigenvalue weighted by molar-refractivity contribution is 0.0697. The van der Waals surface area contributed by atoms with Crippen LogP contribution in [0.4, 0.5) is 0 Å². The van der Waals surface area contributed by atoms with Crippen LogP contribution in [0.25, 0.3) is 11.1 Å². The number of aromatic carboxylic acids is 1. The van der Waals surface area contributed by atoms with Crippen LogP contribution < -0.4 is 4.74 Å². The molecule has 0 fully saturated rings. The van der Waals surface area contributed by atoms with Crippen LogP contribution in [0.2, 0.25) is 15.1 Å². The Labute approximate surface area is 137 Å². The van der Waals surface area contributed by atoms with E-state index in [4.69, 9.17) is 39.5 Å². The van der Waals surface area contributed by atoms with Gasteiger partial charge >= 0.3 is 5.97 Å². The van der Waals surface area contributed by atoms with Crippen LogP contribution in [0, 0.1) is 0 Å². The van der Waals surface area contributed by atoms with Crippen molar-refractivity contribution in [2.24, 2.45) is 0 Å². The number of carboxylic acid groups (broad SMARTS) is 1. The quantitative estimate of drug-likeness (QED) is 0.805. The van der Waals surface area contributed by atoms with E-state index in [1.165, 1.54) is 6.07 Å². The molecule has 21 heavy (non-hydrogen) atoms. The number of ether oxygens (including phenoxy) is 1. The highest BCUT2D eigenvalue weighted by molar-refractivity contribution is 6.36. The second kappa shape index (κ2) is 6.56. The molecule has 1 N–H and O–H groups in total. The summed E-state index contributed by atoms with van der Waals surface area (Å²) in [7, 11) is 0. The Kier molecular flexibility index (Phi) is 4.99. The summed E-state index contributed by atoms with van der Waals surface area (Å²) < 4.78 is 5.35. The van der Waals surface area contributed by atoms with E-state index < -0.39 is 5.97 Å². The molecule has 0 aromatic heterocycles. The van der Waals surface area contributed by atoms with Crippen molar-refractivity contribution in [3.8, 4) is 16.9 Å². The zero-order valence-electron chi connectivity index (χ0n) is 11.0. The Hall–Kier alpha value is -1.42. The molecule has 0 saturated heterocycles. The van der Waals surface area contributed by atoms with Gasteiger partial charge < -0.3 is 9.84 Å². The maximum absolute atomic E-state index is 11.4. The van der Waals surface area contributed by atoms with Crippen LogP contribution in [0.3, 0.4) is 0 Å². The van der Waals surface area contributed by atoms with Crippen LogP contribution in [0.5, 0.6) is 5.75 Å². The first kappa shape index (κ1) is 16.0. The van der Waals surface area contributed by atoms with Gasteiger partial charge in [0.15, 0.2) is 0 Å². The molecule has 0 radical (unpaired) electrons. The lowest BCUT2D eigenvalue weighted by atomic mass is 9.99. The summed E-state index contributed by atoms with van der Waals surface area (Å²) in [4.78, 5) is 11.4. The maximum Gasteiger partial charge on any atom is 0.336 e. The fourth-order valence-corrected chi connectivity index (χ4v) is 2.58. The maximum atomic E-state index is 11.4. The third-order valence-corrected chi connectivity index (χ3v) is 3.67. The number of halogens is 3. The van der Waals surface area contributed by atoms with Crippen molar-refractivity contribution in [3.63, 3.8) is 0 Å². The summed E-state index contributed by atoms with van der Waals surface area (Å²) in [6, 6.07) is 7.74. The predicted molar refractivity (Wildman–Crippen MR) is 85.0 cm³/mol. The molecule has 0 bridgehead atoms. The molecule has 0 unspecified atom stereocenters. The molecule has 0 spiro atoms. The van der Waals surface area contributed by atoms with Gasteiger partial charge in [0.25, 0.3) is 0 Å². The van der Waals surface area contributed by atoms with E-state index in [0.29, 0.717) is 38.6 Å². The first-order valence-electron chi connectivity index (χ1n) is 6.09. The summed E-state index contributed by atoms with van der Waals surface area (Å²) in [6.45, 7) is 2.29. The topological polar surface area (TPSA) is 46.5 Å². The number of benzene rings is 2. The first-order chi connectivity index (χ1) is 9.93. The van der Waals surface area contributed by atoms with Gasteiger partial charge in [-0.3, -0.25) is 0 Å². The highest BCUT2D eigenvalue weighted by Crippen LogP contribution is 2.38. The van der Waals surface area contributed by atoms with Crippen LogP contribution in [-0.2, 0) is 0 Å². The largest absolute Gasteiger partial charge is 0.492 e. The van der Waals surface area contributed by atoms with Gasteiger partial charge in [-0.25, -0.2) is 4.79 Å². The van der Waals surface area contributed by atoms with E-state index in [2.05, 4.69) is 0 Å². The molecular formula is C15H11Cl3O3. The molecule has 2 rings (SSSR count). The van der Waals surface area contributed by atoms with E-state index in [-0.39, 0.29) is 5.56 Å². The van der Waals surface area contributed by atoms with Crippen molar-refractivity contribution in [2.45, 2.75) is 6.92 Å². The number of carbonyl (C=O) groups is 1. The Morgan fingerprint density at radius 2 is 1.81 bits per heavy atom. The van der Waals surface area contributed by atoms with Gasteiger partial charge in [0.05, 0.1) is 22.2 Å². The highest BCUT2D eigenvalue weighted by Gasteiger charge is 2.17. The van der Waals surface area contributed by atoms with Crippen LogP contribution >= 0.6 is 34.8 Å². The molecule has 110 valence electrons. The summed E-state index contributed by atoms with van der Waals surface area (Å²) >= 11 is 18.2. The normalized spacial score (nSPS) is 10.5. The number of hydrogen-bond donors (Lipinski definition) is 1. The SMILES string of the molecule is CCOc1cc(Cl)c(-c2ccc(Cl)cc2C(=O)O)cc1Cl. The standard InChI is InChI=1S/C15H11Cl3O3/c1-2-21-14-7-12(17)10(6-13(14)18)9-4-3-8(16)5-11(9)15(19)20/h3-7H,2H2,1H3,(H,19,20). The lowest BCUT2D eigenvalue weighted by Crippen LogP contribution is -2.00. The molecule has 2 aromatic carbocycles. The molecule has 3 nitrogen and oxygen atoms in total. The average molecular weight is 346 g/mol. The van der Waals surface area contributed by atoms with Gasteiger partial charge in [0, 0.05) is 16.7 Å². The third kappa shape index (κ3) is 3.43. The summed E-state index contributed by atoms with van der Waals surface area (Å²) in [6.07, 6.45) is 0. The van der Waals surface area contributed by atoms with Crippen LogP contribution in [0.1, 0.15) is 17.3 Å². The van der Waals surface area contributed by atoms with Crippen molar-refractivity contribution in [2.75, 3.05) is 6.61 Å². The third-order valence-electron chi connectivity index (χ3n) is 2.82. The number of carboxylic acids is 1. The fraction of sp³-hybridized carbons (Fsp3) is 0.133. The van der Waals surface area contributed by atoms with Gasteiger partial charge in [-0.15, -0.1) is 0 Å². The van der Waals surface area contributed by atoms with Gasteiger partial charge in [0.1, 0.15) is 5.75 Å². The summed E-state index contributed by atoms with van der Waals surface area (Å²) in [5, 5.41) is 10.3. The Morgan fingerprint density at radius 3 is 2.43 bits per heavy atom. The van der Waals surface area contributed by atoms with Crippen molar-refractivity contribution in [1.29, 1.82) is 0 Å². The zero-order valence-corrected chi connectivity index (χ0v) is 13.3. The Bertz CT molecular complexity index is 699. The molecule has 0 amide bonds. The average Bonchev–Trinajstić information content (AvgIpc) is 2.43. The van der Waals surface area contributed by atoms with Crippen molar-refractivity contribution in [1.82, 2.24) is 0 Å². The van der Waals surface area contributed by atoms with Gasteiger partial charge in [-0.2, -0.15) is 0 Å². The molecule has 0 aliphatic heterocycles. The molecule has 0 saturated carbocycles. The molecule has 0 atom stereocenters. The van der Waals surface area contributed by atoms with E-state index in [0.717, 1.165) is 0 Å². The smallest absolute Gasteiger partial charge is 0.336 e. The minimum Gasteiger partial charge on any atom is -0.492 e. The van der Waals surface area contributed by atoms with Crippen molar-refractivity contribution in [3.05, 3.63) is 51.0 Å². The second-order valence-electron chi connectivity index (χ2n) is 4.19. The molecule has 6 heteroatoms. The van der Waals surface area contributed by atoms with Gasteiger partial charge in [-0.05, 0) is 30.7 Å². The summed E-state index contributed by atoms with van der Waals surface area (Å²) in [5.41, 5.74) is 1.02. The van der Waals surface area contributed by atoms with E-state index in [1.54, 1.807) is 24.3 Å². The van der Waals surface area contributed by atoms with Crippen LogP contribution in [0.15, 0.2) is 30.3 Å². The highest BCUT2D eigenvalue weighted by atomic mass is 35.5. The van der Waals surface area contributed by atoms with E-state index in [1.807, 2.05) is 6.92 Å². The molecule has 2 aromatic rings. The minimum atomic E-state index is -1.09. The molecule has 0 aliphatic rings. The summed E-state index contributed by atoms with van der Waals surface area (Å²) in [5.74, 6) is -0.632. The second-order valence-corrected chi connectivity index (χ2v) is 5.44. The number of hydrogen-bond acceptors (Lipinski definition) is 2.